The Bertz CT molecular complexity index is 626. The Morgan fingerprint density at radius 3 is 3.20 bits per heavy atom. The van der Waals surface area contributed by atoms with Crippen LogP contribution in [-0.2, 0) is 6.42 Å². The molecule has 0 aliphatic carbocycles. The number of hydrogen-bond donors (Lipinski definition) is 1. The molecule has 0 radical (unpaired) electrons. The molecule has 1 atom stereocenters. The molecule has 1 aliphatic heterocycles. The minimum atomic E-state index is -0.0986. The summed E-state index contributed by atoms with van der Waals surface area (Å²) in [6.45, 7) is 2.58. The third-order valence-corrected chi connectivity index (χ3v) is 4.13. The highest BCUT2D eigenvalue weighted by molar-refractivity contribution is 7.08. The van der Waals surface area contributed by atoms with Gasteiger partial charge in [0.15, 0.2) is 0 Å². The molecule has 1 amide bonds. The minimum Gasteiger partial charge on any atom is -0.493 e. The van der Waals surface area contributed by atoms with Gasteiger partial charge < -0.3 is 10.1 Å². The van der Waals surface area contributed by atoms with Crippen molar-refractivity contribution in [1.82, 2.24) is 14.9 Å². The van der Waals surface area contributed by atoms with Crippen LogP contribution in [0.1, 0.15) is 40.3 Å². The molecule has 5 nitrogen and oxygen atoms in total. The smallest absolute Gasteiger partial charge is 0.265 e. The van der Waals surface area contributed by atoms with Gasteiger partial charge in [-0.2, -0.15) is 0 Å². The maximum atomic E-state index is 12.3. The number of carbonyl (C=O) groups excluding carboxylic acids is 1. The Labute approximate surface area is 121 Å². The summed E-state index contributed by atoms with van der Waals surface area (Å²) in [6.07, 6.45) is 1.49. The van der Waals surface area contributed by atoms with Crippen LogP contribution >= 0.6 is 11.5 Å². The molecular weight excluding hydrogens is 274 g/mol. The van der Waals surface area contributed by atoms with Gasteiger partial charge in [-0.3, -0.25) is 4.79 Å². The second-order valence-electron chi connectivity index (χ2n) is 4.60. The lowest BCUT2D eigenvalue weighted by Crippen LogP contribution is -2.32. The molecule has 1 N–H and O–H groups in total. The van der Waals surface area contributed by atoms with Crippen molar-refractivity contribution in [2.24, 2.45) is 0 Å². The van der Waals surface area contributed by atoms with E-state index in [-0.39, 0.29) is 11.9 Å². The van der Waals surface area contributed by atoms with Crippen molar-refractivity contribution in [1.29, 1.82) is 0 Å². The zero-order valence-electron chi connectivity index (χ0n) is 11.1. The second kappa shape index (κ2) is 5.58. The van der Waals surface area contributed by atoms with Crippen LogP contribution in [0.2, 0.25) is 0 Å². The van der Waals surface area contributed by atoms with Gasteiger partial charge in [0.2, 0.25) is 0 Å². The first-order valence-corrected chi connectivity index (χ1v) is 7.40. The maximum absolute atomic E-state index is 12.3. The van der Waals surface area contributed by atoms with Crippen LogP contribution in [-0.4, -0.2) is 22.1 Å². The number of hydrogen-bond acceptors (Lipinski definition) is 5. The summed E-state index contributed by atoms with van der Waals surface area (Å²) in [5.41, 5.74) is 1.79. The molecular formula is C14H15N3O2S. The number of aromatic nitrogens is 2. The Balaban J connectivity index is 1.81. The third-order valence-electron chi connectivity index (χ3n) is 3.36. The molecule has 0 spiro atoms. The standard InChI is InChI=1S/C14H15N3O2S/c1-2-10-13(20-17-16-10)14(18)15-11-7-8-19-12-6-4-3-5-9(11)12/h3-6,11H,2,7-8H2,1H3,(H,15,18)/t11-/m0/s1. The third kappa shape index (κ3) is 2.38. The number of nitrogens with zero attached hydrogens (tertiary/aromatic N) is 2. The molecule has 0 unspecified atom stereocenters. The molecule has 1 aromatic heterocycles. The van der Waals surface area contributed by atoms with Crippen molar-refractivity contribution in [2.75, 3.05) is 6.61 Å². The summed E-state index contributed by atoms with van der Waals surface area (Å²) in [5.74, 6) is 0.751. The van der Waals surface area contributed by atoms with E-state index in [0.29, 0.717) is 17.9 Å². The molecule has 3 rings (SSSR count). The molecule has 104 valence electrons. The first kappa shape index (κ1) is 13.1. The van der Waals surface area contributed by atoms with Crippen LogP contribution in [0, 0.1) is 0 Å². The topological polar surface area (TPSA) is 64.1 Å². The van der Waals surface area contributed by atoms with Crippen LogP contribution in [0.3, 0.4) is 0 Å². The van der Waals surface area contributed by atoms with E-state index in [9.17, 15) is 4.79 Å². The Kier molecular flexibility index (Phi) is 3.64. The van der Waals surface area contributed by atoms with Gasteiger partial charge in [0.1, 0.15) is 10.6 Å². The molecule has 2 aromatic rings. The van der Waals surface area contributed by atoms with E-state index in [4.69, 9.17) is 4.74 Å². The fourth-order valence-corrected chi connectivity index (χ4v) is 2.98. The van der Waals surface area contributed by atoms with Gasteiger partial charge in [0.05, 0.1) is 18.3 Å². The monoisotopic (exact) mass is 289 g/mol. The highest BCUT2D eigenvalue weighted by Crippen LogP contribution is 2.31. The number of aryl methyl sites for hydroxylation is 1. The molecule has 0 bridgehead atoms. The quantitative estimate of drug-likeness (QED) is 0.942. The highest BCUT2D eigenvalue weighted by Gasteiger charge is 2.24. The van der Waals surface area contributed by atoms with Crippen LogP contribution in [0.25, 0.3) is 0 Å². The molecule has 0 saturated heterocycles. The van der Waals surface area contributed by atoms with E-state index >= 15 is 0 Å². The SMILES string of the molecule is CCc1nnsc1C(=O)N[C@H]1CCOc2ccccc21. The number of nitrogens with one attached hydrogen (secondary N) is 1. The van der Waals surface area contributed by atoms with Crippen molar-refractivity contribution in [3.63, 3.8) is 0 Å². The summed E-state index contributed by atoms with van der Waals surface area (Å²) < 4.78 is 9.46. The Hall–Kier alpha value is -1.95. The predicted octanol–water partition coefficient (Wildman–Crippen LogP) is 2.35. The number of amides is 1. The summed E-state index contributed by atoms with van der Waals surface area (Å²) in [4.78, 5) is 12.9. The Morgan fingerprint density at radius 1 is 1.50 bits per heavy atom. The number of fused-ring (bicyclic) bond motifs is 1. The van der Waals surface area contributed by atoms with Crippen LogP contribution in [0.4, 0.5) is 0 Å². The van der Waals surface area contributed by atoms with Crippen molar-refractivity contribution >= 4 is 17.4 Å². The molecule has 2 heterocycles. The number of rotatable bonds is 3. The molecule has 6 heteroatoms. The summed E-state index contributed by atoms with van der Waals surface area (Å²) in [5, 5.41) is 7.04. The van der Waals surface area contributed by atoms with E-state index in [1.54, 1.807) is 0 Å². The zero-order chi connectivity index (χ0) is 13.9. The van der Waals surface area contributed by atoms with Crippen molar-refractivity contribution < 1.29 is 9.53 Å². The second-order valence-corrected chi connectivity index (χ2v) is 5.36. The van der Waals surface area contributed by atoms with Crippen molar-refractivity contribution in [3.05, 3.63) is 40.4 Å². The van der Waals surface area contributed by atoms with Crippen molar-refractivity contribution in [2.45, 2.75) is 25.8 Å². The van der Waals surface area contributed by atoms with Gasteiger partial charge >= 0.3 is 0 Å². The van der Waals surface area contributed by atoms with E-state index in [2.05, 4.69) is 14.9 Å². The lowest BCUT2D eigenvalue weighted by atomic mass is 10.0. The minimum absolute atomic E-state index is 0.0146. The first-order chi connectivity index (χ1) is 9.79. The highest BCUT2D eigenvalue weighted by atomic mass is 32.1. The lowest BCUT2D eigenvalue weighted by Gasteiger charge is -2.26. The first-order valence-electron chi connectivity index (χ1n) is 6.63. The summed E-state index contributed by atoms with van der Waals surface area (Å²) in [6, 6.07) is 7.80. The van der Waals surface area contributed by atoms with Gasteiger partial charge in [0.25, 0.3) is 5.91 Å². The molecule has 1 aromatic carbocycles. The lowest BCUT2D eigenvalue weighted by molar-refractivity contribution is 0.0928. The number of para-hydroxylation sites is 1. The zero-order valence-corrected chi connectivity index (χ0v) is 11.9. The normalized spacial score (nSPS) is 17.1. The molecule has 1 aliphatic rings. The van der Waals surface area contributed by atoms with Gasteiger partial charge in [-0.05, 0) is 24.0 Å². The molecule has 0 fully saturated rings. The average Bonchev–Trinajstić information content (AvgIpc) is 2.96. The van der Waals surface area contributed by atoms with E-state index < -0.39 is 0 Å². The van der Waals surface area contributed by atoms with E-state index in [0.717, 1.165) is 35.0 Å². The predicted molar refractivity (Wildman–Crippen MR) is 76.0 cm³/mol. The number of ether oxygens (including phenoxy) is 1. The molecule has 0 saturated carbocycles. The van der Waals surface area contributed by atoms with Gasteiger partial charge in [-0.15, -0.1) is 5.10 Å². The number of benzene rings is 1. The number of carbonyl (C=O) groups is 1. The van der Waals surface area contributed by atoms with E-state index in [1.807, 2.05) is 31.2 Å². The Morgan fingerprint density at radius 2 is 2.35 bits per heavy atom. The van der Waals surface area contributed by atoms with Crippen LogP contribution < -0.4 is 10.1 Å². The fourth-order valence-electron chi connectivity index (χ4n) is 2.33. The van der Waals surface area contributed by atoms with Crippen LogP contribution in [0.15, 0.2) is 24.3 Å². The van der Waals surface area contributed by atoms with Gasteiger partial charge in [-0.1, -0.05) is 29.6 Å². The van der Waals surface area contributed by atoms with Crippen LogP contribution in [0.5, 0.6) is 5.75 Å². The van der Waals surface area contributed by atoms with Crippen molar-refractivity contribution in [3.8, 4) is 5.75 Å². The average molecular weight is 289 g/mol. The fraction of sp³-hybridized carbons (Fsp3) is 0.357. The van der Waals surface area contributed by atoms with Gasteiger partial charge in [0, 0.05) is 12.0 Å². The molecule has 20 heavy (non-hydrogen) atoms. The van der Waals surface area contributed by atoms with E-state index in [1.165, 1.54) is 0 Å². The maximum Gasteiger partial charge on any atom is 0.265 e. The summed E-state index contributed by atoms with van der Waals surface area (Å²) >= 11 is 1.15. The van der Waals surface area contributed by atoms with Gasteiger partial charge in [-0.25, -0.2) is 0 Å². The largest absolute Gasteiger partial charge is 0.493 e. The summed E-state index contributed by atoms with van der Waals surface area (Å²) in [7, 11) is 0.